The summed E-state index contributed by atoms with van der Waals surface area (Å²) in [5.41, 5.74) is 1.97. The van der Waals surface area contributed by atoms with E-state index in [1.165, 1.54) is 6.07 Å². The number of carbonyl (C=O) groups excluding carboxylic acids is 1. The normalized spacial score (nSPS) is 20.3. The maximum Gasteiger partial charge on any atom is 0.416 e. The van der Waals surface area contributed by atoms with Crippen LogP contribution >= 0.6 is 0 Å². The minimum absolute atomic E-state index is 0. The molecule has 2 atom stereocenters. The van der Waals surface area contributed by atoms with E-state index in [1.54, 1.807) is 31.3 Å². The Bertz CT molecular complexity index is 1270. The minimum Gasteiger partial charge on any atom is -1.00 e. The molecule has 0 bridgehead atoms. The number of Topliss-reactive ketones (excluding diaryl/α,β-unsaturated/α-hetero) is 1. The summed E-state index contributed by atoms with van der Waals surface area (Å²) in [6, 6.07) is 14.0. The van der Waals surface area contributed by atoms with Crippen LogP contribution in [0.2, 0.25) is 0 Å². The molecule has 39 heavy (non-hydrogen) atoms. The number of quaternary nitrogens is 1. The topological polar surface area (TPSA) is 65.2 Å². The highest BCUT2D eigenvalue weighted by Crippen LogP contribution is 2.34. The van der Waals surface area contributed by atoms with E-state index >= 15 is 0 Å². The van der Waals surface area contributed by atoms with Gasteiger partial charge in [-0.25, -0.2) is 0 Å². The second kappa shape index (κ2) is 12.5. The Morgan fingerprint density at radius 1 is 1.13 bits per heavy atom. The summed E-state index contributed by atoms with van der Waals surface area (Å²) in [5.74, 6) is -0.617. The molecule has 0 aliphatic carbocycles. The summed E-state index contributed by atoms with van der Waals surface area (Å²) in [6.07, 6.45) is -0.253. The van der Waals surface area contributed by atoms with E-state index in [1.807, 2.05) is 12.1 Å². The molecule has 0 aromatic heterocycles. The zero-order valence-electron chi connectivity index (χ0n) is 22.4. The minimum atomic E-state index is -4.50. The molecule has 2 aliphatic rings. The van der Waals surface area contributed by atoms with Crippen LogP contribution in [0.1, 0.15) is 47.9 Å². The molecule has 1 N–H and O–H groups in total. The molecule has 0 radical (unpaired) electrons. The van der Waals surface area contributed by atoms with Crippen molar-refractivity contribution in [3.8, 4) is 6.07 Å². The number of halogens is 4. The number of nitriles is 1. The van der Waals surface area contributed by atoms with Crippen LogP contribution in [0, 0.1) is 17.2 Å². The van der Waals surface area contributed by atoms with Gasteiger partial charge < -0.3 is 22.2 Å². The van der Waals surface area contributed by atoms with Crippen LogP contribution in [0.15, 0.2) is 65.3 Å². The summed E-state index contributed by atoms with van der Waals surface area (Å²) in [7, 11) is 4.47. The molecule has 2 aromatic rings. The number of carbonyl (C=O) groups is 1. The molecule has 2 aromatic carbocycles. The molecule has 2 heterocycles. The van der Waals surface area contributed by atoms with Gasteiger partial charge in [-0.05, 0) is 55.1 Å². The summed E-state index contributed by atoms with van der Waals surface area (Å²) in [5, 5.41) is 12.7. The first-order valence-corrected chi connectivity index (χ1v) is 13.0. The van der Waals surface area contributed by atoms with Gasteiger partial charge in [-0.2, -0.15) is 18.4 Å². The van der Waals surface area contributed by atoms with Crippen molar-refractivity contribution in [2.45, 2.75) is 44.3 Å². The molecule has 0 saturated carbocycles. The van der Waals surface area contributed by atoms with Crippen LogP contribution < -0.4 is 17.7 Å². The number of hydrogen-bond donors (Lipinski definition) is 1. The Balaban J connectivity index is 0.00000420. The highest BCUT2D eigenvalue weighted by atomic mass is 35.5. The number of nitrogens with one attached hydrogen (secondary N) is 1. The Morgan fingerprint density at radius 2 is 1.79 bits per heavy atom. The van der Waals surface area contributed by atoms with Crippen LogP contribution in [0.25, 0.3) is 0 Å². The fourth-order valence-electron chi connectivity index (χ4n) is 5.29. The van der Waals surface area contributed by atoms with Crippen LogP contribution in [0.5, 0.6) is 0 Å². The Labute approximate surface area is 234 Å². The molecule has 5 nitrogen and oxygen atoms in total. The number of alkyl halides is 3. The summed E-state index contributed by atoms with van der Waals surface area (Å²) < 4.78 is 41.2. The Hall–Kier alpha value is -2.99. The smallest absolute Gasteiger partial charge is 0.416 e. The Morgan fingerprint density at radius 3 is 2.41 bits per heavy atom. The van der Waals surface area contributed by atoms with Crippen molar-refractivity contribution < 1.29 is 34.9 Å². The summed E-state index contributed by atoms with van der Waals surface area (Å²) >= 11 is 0. The summed E-state index contributed by atoms with van der Waals surface area (Å²) in [6.45, 7) is 4.61. The highest BCUT2D eigenvalue weighted by Gasteiger charge is 2.36. The van der Waals surface area contributed by atoms with Crippen LogP contribution in [-0.2, 0) is 17.4 Å². The van der Waals surface area contributed by atoms with Gasteiger partial charge in [-0.1, -0.05) is 30.3 Å². The number of nitrogens with zero attached hydrogens (tertiary/aromatic N) is 3. The lowest BCUT2D eigenvalue weighted by atomic mass is 9.81. The van der Waals surface area contributed by atoms with Crippen molar-refractivity contribution in [3.63, 3.8) is 0 Å². The van der Waals surface area contributed by atoms with Crippen LogP contribution in [0.3, 0.4) is 0 Å². The molecule has 9 heteroatoms. The maximum atomic E-state index is 13.8. The van der Waals surface area contributed by atoms with E-state index in [4.69, 9.17) is 5.26 Å². The fourth-order valence-corrected chi connectivity index (χ4v) is 5.29. The second-order valence-electron chi connectivity index (χ2n) is 11.1. The molecule has 0 amide bonds. The van der Waals surface area contributed by atoms with Crippen molar-refractivity contribution in [2.75, 3.05) is 33.7 Å². The quantitative estimate of drug-likeness (QED) is 0.530. The number of hydrogen-bond acceptors (Lipinski definition) is 4. The molecule has 208 valence electrons. The first-order chi connectivity index (χ1) is 18.0. The van der Waals surface area contributed by atoms with Gasteiger partial charge in [0.05, 0.1) is 50.3 Å². The molecule has 4 rings (SSSR count). The SMILES string of the molecule is CC1=NC=C(C(Cc2ccc(C#N)cc2)NCC2CC[N+](C)(C)CC2)C(=O)C1c1cccc(C(F)(F)F)c1.[Cl-]. The lowest BCUT2D eigenvalue weighted by Gasteiger charge is -2.38. The third-order valence-electron chi connectivity index (χ3n) is 7.76. The third-order valence-corrected chi connectivity index (χ3v) is 7.76. The van der Waals surface area contributed by atoms with E-state index < -0.39 is 17.7 Å². The van der Waals surface area contributed by atoms with Gasteiger partial charge >= 0.3 is 6.18 Å². The maximum absolute atomic E-state index is 13.8. The Kier molecular flexibility index (Phi) is 9.76. The van der Waals surface area contributed by atoms with E-state index in [-0.39, 0.29) is 24.2 Å². The number of aliphatic imine (C=N–C) groups is 1. The number of rotatable bonds is 7. The van der Waals surface area contributed by atoms with Crippen LogP contribution in [-0.4, -0.2) is 55.7 Å². The lowest BCUT2D eigenvalue weighted by Crippen LogP contribution is -3.00. The molecular formula is C30H34ClF3N4O. The van der Waals surface area contributed by atoms with Crippen molar-refractivity contribution >= 4 is 11.5 Å². The number of piperidine rings is 1. The van der Waals surface area contributed by atoms with Gasteiger partial charge in [0.15, 0.2) is 5.78 Å². The molecule has 1 fully saturated rings. The molecule has 2 aliphatic heterocycles. The summed E-state index contributed by atoms with van der Waals surface area (Å²) in [4.78, 5) is 18.3. The fraction of sp³-hybridized carbons (Fsp3) is 0.433. The monoisotopic (exact) mass is 558 g/mol. The average molecular weight is 559 g/mol. The van der Waals surface area contributed by atoms with Crippen molar-refractivity contribution in [1.29, 1.82) is 5.26 Å². The van der Waals surface area contributed by atoms with Crippen LogP contribution in [0.4, 0.5) is 13.2 Å². The predicted octanol–water partition coefficient (Wildman–Crippen LogP) is 2.28. The van der Waals surface area contributed by atoms with E-state index in [0.717, 1.165) is 54.7 Å². The molecule has 0 spiro atoms. The van der Waals surface area contributed by atoms with Crippen molar-refractivity contribution in [3.05, 3.63) is 82.6 Å². The lowest BCUT2D eigenvalue weighted by molar-refractivity contribution is -0.896. The van der Waals surface area contributed by atoms with E-state index in [2.05, 4.69) is 30.5 Å². The largest absolute Gasteiger partial charge is 1.00 e. The highest BCUT2D eigenvalue weighted by molar-refractivity contribution is 6.18. The van der Waals surface area contributed by atoms with Gasteiger partial charge in [0.1, 0.15) is 0 Å². The third kappa shape index (κ3) is 7.57. The first-order valence-electron chi connectivity index (χ1n) is 13.0. The molecular weight excluding hydrogens is 525 g/mol. The van der Waals surface area contributed by atoms with Gasteiger partial charge in [0, 0.05) is 36.4 Å². The number of benzene rings is 2. The molecule has 2 unspecified atom stereocenters. The number of likely N-dealkylation sites (tertiary alicyclic amines) is 1. The standard InChI is InChI=1S/C30H34F3N4O.ClH/c1-20-28(24-5-4-6-25(16-24)30(31,32)33)29(38)26(19-35-20)27(15-21-7-9-22(17-34)10-8-21)36-18-23-11-13-37(2,3)14-12-23;/h4-10,16,19,23,27-28,36H,11-15,18H2,1-3H3;1H/q+1;/p-1. The van der Waals surface area contributed by atoms with Gasteiger partial charge in [0.25, 0.3) is 0 Å². The first kappa shape index (κ1) is 30.6. The zero-order valence-corrected chi connectivity index (χ0v) is 23.2. The van der Waals surface area contributed by atoms with Crippen molar-refractivity contribution in [2.24, 2.45) is 10.9 Å². The molecule has 1 saturated heterocycles. The van der Waals surface area contributed by atoms with Gasteiger partial charge in [-0.15, -0.1) is 0 Å². The zero-order chi connectivity index (χ0) is 27.5. The predicted molar refractivity (Wildman–Crippen MR) is 142 cm³/mol. The van der Waals surface area contributed by atoms with E-state index in [0.29, 0.717) is 34.8 Å². The van der Waals surface area contributed by atoms with Gasteiger partial charge in [-0.3, -0.25) is 9.79 Å². The van der Waals surface area contributed by atoms with Crippen molar-refractivity contribution in [1.82, 2.24) is 5.32 Å². The number of ketones is 1. The average Bonchev–Trinajstić information content (AvgIpc) is 2.88. The van der Waals surface area contributed by atoms with E-state index in [9.17, 15) is 18.0 Å². The second-order valence-corrected chi connectivity index (χ2v) is 11.1. The van der Waals surface area contributed by atoms with Gasteiger partial charge in [0.2, 0.25) is 0 Å².